The second-order valence-electron chi connectivity index (χ2n) is 5.73. The molecule has 0 spiro atoms. The Kier molecular flexibility index (Phi) is 6.42. The summed E-state index contributed by atoms with van der Waals surface area (Å²) in [6.45, 7) is 1.81. The molecule has 1 amide bonds. The normalized spacial score (nSPS) is 16.1. The molecule has 3 heterocycles. The third-order valence-electron chi connectivity index (χ3n) is 4.20. The van der Waals surface area contributed by atoms with E-state index in [-0.39, 0.29) is 36.8 Å². The van der Waals surface area contributed by atoms with Crippen LogP contribution in [0.25, 0.3) is 22.2 Å². The van der Waals surface area contributed by atoms with Gasteiger partial charge in [0.25, 0.3) is 5.91 Å². The molecule has 1 unspecified atom stereocenters. The van der Waals surface area contributed by atoms with Gasteiger partial charge in [0, 0.05) is 35.3 Å². The molecule has 4 rings (SSSR count). The zero-order valence-corrected chi connectivity index (χ0v) is 15.0. The van der Waals surface area contributed by atoms with E-state index in [9.17, 15) is 4.79 Å². The molecule has 7 heteroatoms. The van der Waals surface area contributed by atoms with Crippen molar-refractivity contribution in [3.8, 4) is 11.3 Å². The molecule has 0 saturated carbocycles. The van der Waals surface area contributed by atoms with Gasteiger partial charge in [0.15, 0.2) is 0 Å². The van der Waals surface area contributed by atoms with Gasteiger partial charge in [0.2, 0.25) is 0 Å². The Hall–Kier alpha value is -2.08. The van der Waals surface area contributed by atoms with Crippen LogP contribution in [0.2, 0.25) is 0 Å². The Morgan fingerprint density at radius 3 is 2.68 bits per heavy atom. The number of aromatic nitrogens is 1. The van der Waals surface area contributed by atoms with E-state index in [2.05, 4.69) is 15.6 Å². The molecule has 1 saturated heterocycles. The van der Waals surface area contributed by atoms with Crippen LogP contribution in [0.4, 0.5) is 0 Å². The molecule has 2 N–H and O–H groups in total. The highest BCUT2D eigenvalue weighted by Crippen LogP contribution is 2.27. The van der Waals surface area contributed by atoms with E-state index in [1.807, 2.05) is 36.4 Å². The molecular weight excluding hydrogens is 361 g/mol. The second-order valence-corrected chi connectivity index (χ2v) is 5.73. The molecule has 25 heavy (non-hydrogen) atoms. The zero-order chi connectivity index (χ0) is 15.6. The molecule has 1 fully saturated rings. The maximum atomic E-state index is 12.2. The summed E-state index contributed by atoms with van der Waals surface area (Å²) in [7, 11) is 0. The van der Waals surface area contributed by atoms with Crippen LogP contribution < -0.4 is 10.6 Å². The number of nitrogens with one attached hydrogen (secondary N) is 2. The van der Waals surface area contributed by atoms with E-state index in [0.29, 0.717) is 5.56 Å². The van der Waals surface area contributed by atoms with E-state index in [1.54, 1.807) is 12.5 Å². The Labute approximate surface area is 158 Å². The van der Waals surface area contributed by atoms with Gasteiger partial charge < -0.3 is 15.1 Å². The fourth-order valence-electron chi connectivity index (χ4n) is 2.95. The minimum Gasteiger partial charge on any atom is -0.464 e. The lowest BCUT2D eigenvalue weighted by Gasteiger charge is -2.11. The van der Waals surface area contributed by atoms with E-state index in [0.717, 1.165) is 41.7 Å². The number of hydrogen-bond donors (Lipinski definition) is 2. The van der Waals surface area contributed by atoms with Crippen molar-refractivity contribution in [2.24, 2.45) is 0 Å². The maximum absolute atomic E-state index is 12.2. The Bertz CT molecular complexity index is 843. The predicted molar refractivity (Wildman–Crippen MR) is 103 cm³/mol. The summed E-state index contributed by atoms with van der Waals surface area (Å²) in [6.07, 6.45) is 4.37. The molecule has 1 aromatic carbocycles. The lowest BCUT2D eigenvalue weighted by molar-refractivity contribution is 0.0940. The molecule has 0 bridgehead atoms. The molecule has 1 aliphatic heterocycles. The van der Waals surface area contributed by atoms with Crippen LogP contribution in [0.5, 0.6) is 0 Å². The number of halogens is 2. The van der Waals surface area contributed by atoms with Crippen LogP contribution in [-0.2, 0) is 0 Å². The molecule has 132 valence electrons. The van der Waals surface area contributed by atoms with Gasteiger partial charge in [-0.1, -0.05) is 12.1 Å². The number of pyridine rings is 1. The average Bonchev–Trinajstić information content (AvgIpc) is 3.25. The van der Waals surface area contributed by atoms with E-state index >= 15 is 0 Å². The monoisotopic (exact) mass is 379 g/mol. The smallest absolute Gasteiger partial charge is 0.251 e. The highest BCUT2D eigenvalue weighted by molar-refractivity contribution is 5.96. The fraction of sp³-hybridized carbons (Fsp3) is 0.222. The summed E-state index contributed by atoms with van der Waals surface area (Å²) in [5, 5.41) is 7.26. The number of furan rings is 1. The van der Waals surface area contributed by atoms with Crippen molar-refractivity contribution >= 4 is 41.7 Å². The number of carbonyl (C=O) groups excluding carboxylic acids is 1. The molecule has 0 aliphatic carbocycles. The van der Waals surface area contributed by atoms with Gasteiger partial charge in [-0.05, 0) is 37.2 Å². The molecule has 1 atom stereocenters. The quantitative estimate of drug-likeness (QED) is 0.731. The first-order valence-electron chi connectivity index (χ1n) is 7.75. The molecule has 0 radical (unpaired) electrons. The average molecular weight is 380 g/mol. The van der Waals surface area contributed by atoms with Gasteiger partial charge in [-0.25, -0.2) is 0 Å². The summed E-state index contributed by atoms with van der Waals surface area (Å²) in [6, 6.07) is 11.5. The number of nitrogens with zero attached hydrogens (tertiary/aromatic N) is 1. The van der Waals surface area contributed by atoms with Crippen LogP contribution in [0.15, 0.2) is 53.3 Å². The van der Waals surface area contributed by atoms with Crippen LogP contribution in [0.3, 0.4) is 0 Å². The lowest BCUT2D eigenvalue weighted by Crippen LogP contribution is -2.36. The van der Waals surface area contributed by atoms with Crippen LogP contribution >= 0.6 is 24.8 Å². The SMILES string of the molecule is Cl.Cl.O=C(NC1CCNC1)c1ccc(-c2nccc3occc23)cc1. The van der Waals surface area contributed by atoms with Gasteiger partial charge in [-0.15, -0.1) is 24.8 Å². The van der Waals surface area contributed by atoms with Crippen molar-refractivity contribution in [1.29, 1.82) is 0 Å². The van der Waals surface area contributed by atoms with E-state index in [4.69, 9.17) is 4.42 Å². The van der Waals surface area contributed by atoms with Crippen molar-refractivity contribution in [2.45, 2.75) is 12.5 Å². The van der Waals surface area contributed by atoms with Crippen LogP contribution in [-0.4, -0.2) is 30.0 Å². The van der Waals surface area contributed by atoms with Gasteiger partial charge in [-0.2, -0.15) is 0 Å². The molecule has 2 aromatic heterocycles. The first-order valence-corrected chi connectivity index (χ1v) is 7.75. The molecule has 5 nitrogen and oxygen atoms in total. The highest BCUT2D eigenvalue weighted by Gasteiger charge is 2.17. The summed E-state index contributed by atoms with van der Waals surface area (Å²) in [5.74, 6) is -0.0280. The summed E-state index contributed by atoms with van der Waals surface area (Å²) >= 11 is 0. The molecule has 1 aliphatic rings. The topological polar surface area (TPSA) is 67.2 Å². The molecule has 3 aromatic rings. The van der Waals surface area contributed by atoms with E-state index in [1.165, 1.54) is 0 Å². The van der Waals surface area contributed by atoms with Crippen molar-refractivity contribution in [3.05, 3.63) is 54.4 Å². The van der Waals surface area contributed by atoms with Crippen LogP contribution in [0, 0.1) is 0 Å². The Morgan fingerprint density at radius 1 is 1.16 bits per heavy atom. The Morgan fingerprint density at radius 2 is 1.96 bits per heavy atom. The number of amides is 1. The predicted octanol–water partition coefficient (Wildman–Crippen LogP) is 3.43. The maximum Gasteiger partial charge on any atom is 0.251 e. The number of benzene rings is 1. The van der Waals surface area contributed by atoms with E-state index < -0.39 is 0 Å². The summed E-state index contributed by atoms with van der Waals surface area (Å²) in [4.78, 5) is 16.7. The van der Waals surface area contributed by atoms with Gasteiger partial charge in [0.05, 0.1) is 12.0 Å². The van der Waals surface area contributed by atoms with Crippen molar-refractivity contribution in [3.63, 3.8) is 0 Å². The zero-order valence-electron chi connectivity index (χ0n) is 13.4. The Balaban J connectivity index is 0.00000113. The third-order valence-corrected chi connectivity index (χ3v) is 4.20. The number of hydrogen-bond acceptors (Lipinski definition) is 4. The number of rotatable bonds is 3. The molecular formula is C18H19Cl2N3O2. The van der Waals surface area contributed by atoms with Gasteiger partial charge in [-0.3, -0.25) is 9.78 Å². The minimum atomic E-state index is -0.0280. The fourth-order valence-corrected chi connectivity index (χ4v) is 2.95. The summed E-state index contributed by atoms with van der Waals surface area (Å²) in [5.41, 5.74) is 3.31. The first-order chi connectivity index (χ1) is 11.3. The largest absolute Gasteiger partial charge is 0.464 e. The minimum absolute atomic E-state index is 0. The lowest BCUT2D eigenvalue weighted by atomic mass is 10.1. The first kappa shape index (κ1) is 19.2. The summed E-state index contributed by atoms with van der Waals surface area (Å²) < 4.78 is 5.41. The number of carbonyl (C=O) groups is 1. The highest BCUT2D eigenvalue weighted by atomic mass is 35.5. The standard InChI is InChI=1S/C18H17N3O2.2ClH/c22-18(21-14-5-8-19-11-14)13-3-1-12(2-4-13)17-15-7-10-23-16(15)6-9-20-17;;/h1-4,6-7,9-10,14,19H,5,8,11H2,(H,21,22);2*1H. The van der Waals surface area contributed by atoms with Gasteiger partial charge in [0.1, 0.15) is 5.58 Å². The van der Waals surface area contributed by atoms with Crippen LogP contribution in [0.1, 0.15) is 16.8 Å². The van der Waals surface area contributed by atoms with Crippen molar-refractivity contribution < 1.29 is 9.21 Å². The van der Waals surface area contributed by atoms with Gasteiger partial charge >= 0.3 is 0 Å². The second kappa shape index (κ2) is 8.34. The van der Waals surface area contributed by atoms with Crippen molar-refractivity contribution in [1.82, 2.24) is 15.6 Å². The third kappa shape index (κ3) is 3.95. The number of fused-ring (bicyclic) bond motifs is 1. The van der Waals surface area contributed by atoms with Crippen molar-refractivity contribution in [2.75, 3.05) is 13.1 Å².